The number of rotatable bonds is 12. The summed E-state index contributed by atoms with van der Waals surface area (Å²) < 4.78 is 62.0. The van der Waals surface area contributed by atoms with Gasteiger partial charge in [-0.15, -0.1) is 10.2 Å². The van der Waals surface area contributed by atoms with Crippen LogP contribution < -0.4 is 0 Å². The summed E-state index contributed by atoms with van der Waals surface area (Å²) in [5, 5.41) is 8.65. The first-order valence-electron chi connectivity index (χ1n) is 11.8. The van der Waals surface area contributed by atoms with Gasteiger partial charge in [-0.3, -0.25) is 0 Å². The van der Waals surface area contributed by atoms with E-state index >= 15 is 0 Å². The van der Waals surface area contributed by atoms with Crippen LogP contribution in [0.4, 0.5) is 8.78 Å². The fraction of sp³-hybridized carbons (Fsp3) is 0.259. The normalized spacial score (nSPS) is 12.7. The van der Waals surface area contributed by atoms with Gasteiger partial charge in [0.15, 0.2) is 0 Å². The Hall–Kier alpha value is -2.73. The summed E-state index contributed by atoms with van der Waals surface area (Å²) in [5.74, 6) is 0.595. The summed E-state index contributed by atoms with van der Waals surface area (Å²) in [7, 11) is -3.99. The Morgan fingerprint density at radius 1 is 0.895 bits per heavy atom. The molecule has 1 aromatic heterocycles. The molecule has 0 aliphatic heterocycles. The second kappa shape index (κ2) is 12.9. The molecule has 200 valence electrons. The summed E-state index contributed by atoms with van der Waals surface area (Å²) in [6.45, 7) is 1.88. The van der Waals surface area contributed by atoms with Crippen LogP contribution in [0.15, 0.2) is 87.3 Å². The van der Waals surface area contributed by atoms with E-state index in [4.69, 9.17) is 4.42 Å². The molecule has 0 fully saturated rings. The Labute approximate surface area is 229 Å². The van der Waals surface area contributed by atoms with Gasteiger partial charge in [0.25, 0.3) is 5.22 Å². The summed E-state index contributed by atoms with van der Waals surface area (Å²) in [5.41, 5.74) is 2.45. The fourth-order valence-electron chi connectivity index (χ4n) is 3.74. The predicted molar refractivity (Wildman–Crippen MR) is 146 cm³/mol. The van der Waals surface area contributed by atoms with Crippen molar-refractivity contribution in [2.24, 2.45) is 0 Å². The largest absolute Gasteiger partial charge is 0.414 e. The number of hydrogen-bond acceptors (Lipinski definition) is 7. The number of aryl methyl sites for hydroxylation is 1. The molecule has 0 aliphatic rings. The van der Waals surface area contributed by atoms with Crippen LogP contribution in [0.1, 0.15) is 35.0 Å². The number of nitrogens with zero attached hydrogens (tertiary/aromatic N) is 3. The van der Waals surface area contributed by atoms with E-state index < -0.39 is 21.9 Å². The molecule has 0 N–H and O–H groups in total. The molecule has 0 amide bonds. The Balaban J connectivity index is 1.67. The van der Waals surface area contributed by atoms with Gasteiger partial charge in [-0.25, -0.2) is 17.2 Å². The lowest BCUT2D eigenvalue weighted by atomic mass is 10.2. The van der Waals surface area contributed by atoms with E-state index in [-0.39, 0.29) is 28.4 Å². The van der Waals surface area contributed by atoms with E-state index in [0.29, 0.717) is 23.5 Å². The van der Waals surface area contributed by atoms with Crippen LogP contribution in [0.5, 0.6) is 0 Å². The average molecular weight is 576 g/mol. The molecule has 0 bridgehead atoms. The Morgan fingerprint density at radius 2 is 1.50 bits per heavy atom. The van der Waals surface area contributed by atoms with Crippen LogP contribution in [-0.2, 0) is 22.3 Å². The molecule has 0 radical (unpaired) electrons. The molecule has 1 heterocycles. The van der Waals surface area contributed by atoms with E-state index in [1.165, 1.54) is 40.3 Å². The molecule has 0 saturated heterocycles. The highest BCUT2D eigenvalue weighted by Crippen LogP contribution is 2.34. The van der Waals surface area contributed by atoms with E-state index in [1.807, 2.05) is 13.2 Å². The van der Waals surface area contributed by atoms with Gasteiger partial charge in [-0.2, -0.15) is 16.1 Å². The van der Waals surface area contributed by atoms with E-state index in [1.54, 1.807) is 60.3 Å². The van der Waals surface area contributed by atoms with Crippen molar-refractivity contribution in [1.29, 1.82) is 0 Å². The van der Waals surface area contributed by atoms with Crippen molar-refractivity contribution in [3.8, 4) is 0 Å². The zero-order chi connectivity index (χ0) is 27.1. The predicted octanol–water partition coefficient (Wildman–Crippen LogP) is 6.63. The van der Waals surface area contributed by atoms with Crippen molar-refractivity contribution in [2.75, 3.05) is 12.0 Å². The molecular formula is C27H27F2N3O3S3. The monoisotopic (exact) mass is 575 g/mol. The summed E-state index contributed by atoms with van der Waals surface area (Å²) >= 11 is 2.86. The minimum Gasteiger partial charge on any atom is -0.414 e. The van der Waals surface area contributed by atoms with Crippen LogP contribution in [-0.4, -0.2) is 34.9 Å². The average Bonchev–Trinajstić information content (AvgIpc) is 3.38. The molecular weight excluding hydrogens is 549 g/mol. The molecule has 6 nitrogen and oxygen atoms in total. The first-order chi connectivity index (χ1) is 18.3. The molecule has 4 aromatic rings. The van der Waals surface area contributed by atoms with E-state index in [2.05, 4.69) is 10.2 Å². The number of aromatic nitrogens is 2. The van der Waals surface area contributed by atoms with E-state index in [9.17, 15) is 17.2 Å². The van der Waals surface area contributed by atoms with Crippen LogP contribution in [0.3, 0.4) is 0 Å². The molecule has 0 spiro atoms. The minimum absolute atomic E-state index is 0.00400. The number of sulfonamides is 1. The third-order valence-corrected chi connectivity index (χ3v) is 9.21. The lowest BCUT2D eigenvalue weighted by Gasteiger charge is -2.29. The zero-order valence-electron chi connectivity index (χ0n) is 20.9. The molecule has 1 atom stereocenters. The van der Waals surface area contributed by atoms with Gasteiger partial charge in [0.2, 0.25) is 15.9 Å². The maximum absolute atomic E-state index is 14.0. The van der Waals surface area contributed by atoms with Crippen LogP contribution >= 0.6 is 23.5 Å². The number of hydrogen-bond donors (Lipinski definition) is 0. The maximum atomic E-state index is 14.0. The highest BCUT2D eigenvalue weighted by atomic mass is 32.2. The second-order valence-electron chi connectivity index (χ2n) is 8.61. The molecule has 38 heavy (non-hydrogen) atoms. The summed E-state index contributed by atoms with van der Waals surface area (Å²) in [6, 6.07) is 17.8. The number of benzene rings is 3. The second-order valence-corrected chi connectivity index (χ2v) is 12.4. The van der Waals surface area contributed by atoms with E-state index in [0.717, 1.165) is 11.1 Å². The van der Waals surface area contributed by atoms with Crippen molar-refractivity contribution < 1.29 is 21.6 Å². The summed E-state index contributed by atoms with van der Waals surface area (Å²) in [6.07, 6.45) is 2.37. The van der Waals surface area contributed by atoms with Gasteiger partial charge >= 0.3 is 0 Å². The van der Waals surface area contributed by atoms with Gasteiger partial charge in [-0.05, 0) is 72.9 Å². The Bertz CT molecular complexity index is 1430. The minimum atomic E-state index is -3.99. The van der Waals surface area contributed by atoms with Gasteiger partial charge in [0.1, 0.15) is 17.7 Å². The van der Waals surface area contributed by atoms with Crippen molar-refractivity contribution in [3.63, 3.8) is 0 Å². The van der Waals surface area contributed by atoms with Crippen molar-refractivity contribution in [1.82, 2.24) is 14.5 Å². The molecule has 3 aromatic carbocycles. The van der Waals surface area contributed by atoms with Crippen LogP contribution in [0, 0.1) is 18.6 Å². The first kappa shape index (κ1) is 28.3. The third-order valence-electron chi connectivity index (χ3n) is 5.80. The van der Waals surface area contributed by atoms with Crippen LogP contribution in [0.25, 0.3) is 0 Å². The lowest BCUT2D eigenvalue weighted by Crippen LogP contribution is -2.35. The highest BCUT2D eigenvalue weighted by molar-refractivity contribution is 7.98. The van der Waals surface area contributed by atoms with Gasteiger partial charge in [-0.1, -0.05) is 53.7 Å². The Kier molecular flexibility index (Phi) is 9.59. The third kappa shape index (κ3) is 7.22. The summed E-state index contributed by atoms with van der Waals surface area (Å²) in [4.78, 5) is 0.143. The standard InChI is InChI=1S/C27H27F2N3O3S3/c1-19-3-13-24(14-4-19)38(33,34)32(17-20-5-9-22(28)10-6-20)25(15-16-36-2)26-30-31-27(35-26)37-18-21-7-11-23(29)12-8-21/h3-14,25H,15-18H2,1-2H3. The number of thioether (sulfide) groups is 2. The van der Waals surface area contributed by atoms with Gasteiger partial charge in [0.05, 0.1) is 4.90 Å². The van der Waals surface area contributed by atoms with Crippen molar-refractivity contribution >= 4 is 33.5 Å². The van der Waals surface area contributed by atoms with Crippen LogP contribution in [0.2, 0.25) is 0 Å². The zero-order valence-corrected chi connectivity index (χ0v) is 23.3. The van der Waals surface area contributed by atoms with Gasteiger partial charge in [0, 0.05) is 12.3 Å². The SMILES string of the molecule is CSCCC(c1nnc(SCc2ccc(F)cc2)o1)N(Cc1ccc(F)cc1)S(=O)(=O)c1ccc(C)cc1. The fourth-order valence-corrected chi connectivity index (χ4v) is 6.52. The van der Waals surface area contributed by atoms with Crippen molar-refractivity contribution in [2.45, 2.75) is 41.8 Å². The topological polar surface area (TPSA) is 76.3 Å². The first-order valence-corrected chi connectivity index (χ1v) is 15.6. The maximum Gasteiger partial charge on any atom is 0.276 e. The quantitative estimate of drug-likeness (QED) is 0.175. The molecule has 11 heteroatoms. The Morgan fingerprint density at radius 3 is 2.11 bits per heavy atom. The molecule has 0 aliphatic carbocycles. The highest BCUT2D eigenvalue weighted by Gasteiger charge is 2.36. The molecule has 1 unspecified atom stereocenters. The molecule has 4 rings (SSSR count). The molecule has 0 saturated carbocycles. The number of halogens is 2. The van der Waals surface area contributed by atoms with Crippen molar-refractivity contribution in [3.05, 3.63) is 107 Å². The lowest BCUT2D eigenvalue weighted by molar-refractivity contribution is 0.251. The smallest absolute Gasteiger partial charge is 0.276 e. The van der Waals surface area contributed by atoms with Gasteiger partial charge < -0.3 is 4.42 Å².